The standard InChI is InChI=1S/C8H11N5O2/c1-3-4-5(9)6(13(2)12-4)7-10-11-8(14)15-7/h3,9H2,1-2H3,(H,11,14). The van der Waals surface area contributed by atoms with Crippen LogP contribution in [0, 0.1) is 0 Å². The second-order valence-electron chi connectivity index (χ2n) is 3.10. The molecule has 0 radical (unpaired) electrons. The van der Waals surface area contributed by atoms with Gasteiger partial charge in [-0.2, -0.15) is 5.10 Å². The van der Waals surface area contributed by atoms with Crippen molar-refractivity contribution in [3.05, 3.63) is 16.2 Å². The summed E-state index contributed by atoms with van der Waals surface area (Å²) >= 11 is 0. The summed E-state index contributed by atoms with van der Waals surface area (Å²) in [6, 6.07) is 0. The normalized spacial score (nSPS) is 10.8. The SMILES string of the molecule is CCc1nn(C)c(-c2n[nH]c(=O)o2)c1N. The molecule has 7 heteroatoms. The zero-order chi connectivity index (χ0) is 11.0. The number of nitrogens with two attached hydrogens (primary N) is 1. The second-order valence-corrected chi connectivity index (χ2v) is 3.10. The summed E-state index contributed by atoms with van der Waals surface area (Å²) in [5, 5.41) is 10.1. The monoisotopic (exact) mass is 209 g/mol. The first-order chi connectivity index (χ1) is 7.13. The minimum Gasteiger partial charge on any atom is -0.395 e. The molecule has 15 heavy (non-hydrogen) atoms. The third kappa shape index (κ3) is 1.41. The Morgan fingerprint density at radius 2 is 2.33 bits per heavy atom. The van der Waals surface area contributed by atoms with Gasteiger partial charge in [-0.15, -0.1) is 5.10 Å². The first-order valence-electron chi connectivity index (χ1n) is 4.50. The third-order valence-electron chi connectivity index (χ3n) is 2.14. The number of hydrogen-bond acceptors (Lipinski definition) is 5. The van der Waals surface area contributed by atoms with Crippen LogP contribution in [0.25, 0.3) is 11.6 Å². The smallest absolute Gasteiger partial charge is 0.395 e. The summed E-state index contributed by atoms with van der Waals surface area (Å²) in [5.41, 5.74) is 7.63. The van der Waals surface area contributed by atoms with E-state index >= 15 is 0 Å². The van der Waals surface area contributed by atoms with E-state index in [-0.39, 0.29) is 5.89 Å². The van der Waals surface area contributed by atoms with Crippen molar-refractivity contribution in [2.75, 3.05) is 5.73 Å². The van der Waals surface area contributed by atoms with Gasteiger partial charge in [-0.3, -0.25) is 4.68 Å². The van der Waals surface area contributed by atoms with E-state index in [2.05, 4.69) is 15.3 Å². The first kappa shape index (κ1) is 9.50. The Labute approximate surface area is 84.9 Å². The molecule has 0 aliphatic carbocycles. The summed E-state index contributed by atoms with van der Waals surface area (Å²) in [6.45, 7) is 1.95. The molecule has 3 N–H and O–H groups in total. The molecule has 80 valence electrons. The minimum absolute atomic E-state index is 0.159. The third-order valence-corrected chi connectivity index (χ3v) is 2.14. The van der Waals surface area contributed by atoms with E-state index < -0.39 is 5.76 Å². The average molecular weight is 209 g/mol. The van der Waals surface area contributed by atoms with Crippen LogP contribution in [0.5, 0.6) is 0 Å². The Hall–Kier alpha value is -2.05. The molecule has 0 saturated heterocycles. The lowest BCUT2D eigenvalue weighted by Crippen LogP contribution is -1.96. The van der Waals surface area contributed by atoms with Crippen LogP contribution in [0.1, 0.15) is 12.6 Å². The molecule has 0 aromatic carbocycles. The predicted octanol–water partition coefficient (Wildman–Crippen LogP) is -0.0920. The quantitative estimate of drug-likeness (QED) is 0.719. The highest BCUT2D eigenvalue weighted by Gasteiger charge is 2.18. The summed E-state index contributed by atoms with van der Waals surface area (Å²) < 4.78 is 6.37. The fourth-order valence-corrected chi connectivity index (χ4v) is 1.44. The van der Waals surface area contributed by atoms with E-state index in [1.165, 1.54) is 0 Å². The van der Waals surface area contributed by atoms with Crippen molar-refractivity contribution in [1.29, 1.82) is 0 Å². The lowest BCUT2D eigenvalue weighted by atomic mass is 10.2. The number of hydrogen-bond donors (Lipinski definition) is 2. The van der Waals surface area contributed by atoms with Gasteiger partial charge in [-0.25, -0.2) is 9.89 Å². The van der Waals surface area contributed by atoms with Gasteiger partial charge in [0.05, 0.1) is 11.4 Å². The minimum atomic E-state index is -0.608. The summed E-state index contributed by atoms with van der Waals surface area (Å²) in [7, 11) is 1.72. The Balaban J connectivity index is 2.62. The van der Waals surface area contributed by atoms with Crippen LogP contribution in [0.2, 0.25) is 0 Å². The number of anilines is 1. The van der Waals surface area contributed by atoms with Gasteiger partial charge >= 0.3 is 5.76 Å². The number of rotatable bonds is 2. The first-order valence-corrected chi connectivity index (χ1v) is 4.50. The van der Waals surface area contributed by atoms with E-state index in [4.69, 9.17) is 10.2 Å². The van der Waals surface area contributed by atoms with Crippen LogP contribution in [0.4, 0.5) is 5.69 Å². The highest BCUT2D eigenvalue weighted by Crippen LogP contribution is 2.25. The van der Waals surface area contributed by atoms with Crippen LogP contribution in [0.3, 0.4) is 0 Å². The zero-order valence-electron chi connectivity index (χ0n) is 8.44. The number of nitrogen functional groups attached to an aromatic ring is 1. The van der Waals surface area contributed by atoms with Crippen LogP contribution in [-0.4, -0.2) is 20.0 Å². The van der Waals surface area contributed by atoms with Gasteiger partial charge in [0.2, 0.25) is 0 Å². The van der Waals surface area contributed by atoms with Crippen LogP contribution in [-0.2, 0) is 13.5 Å². The molecule has 0 bridgehead atoms. The molecule has 0 saturated carbocycles. The molecule has 0 atom stereocenters. The van der Waals surface area contributed by atoms with Gasteiger partial charge in [-0.1, -0.05) is 6.92 Å². The molecule has 0 unspecified atom stereocenters. The summed E-state index contributed by atoms with van der Waals surface area (Å²) in [6.07, 6.45) is 0.717. The lowest BCUT2D eigenvalue weighted by molar-refractivity contribution is 0.521. The van der Waals surface area contributed by atoms with Crippen molar-refractivity contribution in [3.8, 4) is 11.6 Å². The van der Waals surface area contributed by atoms with Gasteiger partial charge in [-0.05, 0) is 6.42 Å². The summed E-state index contributed by atoms with van der Waals surface area (Å²) in [5.74, 6) is -0.448. The molecule has 0 aliphatic heterocycles. The molecule has 7 nitrogen and oxygen atoms in total. The average Bonchev–Trinajstić information content (AvgIpc) is 2.71. The van der Waals surface area contributed by atoms with E-state index in [0.29, 0.717) is 17.8 Å². The van der Waals surface area contributed by atoms with Crippen molar-refractivity contribution < 1.29 is 4.42 Å². The Morgan fingerprint density at radius 1 is 1.60 bits per heavy atom. The number of H-pyrrole nitrogens is 1. The van der Waals surface area contributed by atoms with E-state index in [1.54, 1.807) is 11.7 Å². The number of aromatic amines is 1. The fourth-order valence-electron chi connectivity index (χ4n) is 1.44. The van der Waals surface area contributed by atoms with Crippen molar-refractivity contribution in [2.45, 2.75) is 13.3 Å². The molecular weight excluding hydrogens is 198 g/mol. The Kier molecular flexibility index (Phi) is 2.07. The van der Waals surface area contributed by atoms with E-state index in [9.17, 15) is 4.79 Å². The number of aromatic nitrogens is 4. The fraction of sp³-hybridized carbons (Fsp3) is 0.375. The van der Waals surface area contributed by atoms with E-state index in [1.807, 2.05) is 6.92 Å². The Morgan fingerprint density at radius 3 is 2.80 bits per heavy atom. The number of nitrogens with one attached hydrogen (secondary N) is 1. The van der Waals surface area contributed by atoms with Crippen molar-refractivity contribution in [3.63, 3.8) is 0 Å². The molecule has 0 spiro atoms. The molecule has 2 rings (SSSR count). The lowest BCUT2D eigenvalue weighted by Gasteiger charge is -1.95. The van der Waals surface area contributed by atoms with E-state index in [0.717, 1.165) is 5.69 Å². The maximum Gasteiger partial charge on any atom is 0.434 e. The summed E-state index contributed by atoms with van der Waals surface area (Å²) in [4.78, 5) is 10.8. The van der Waals surface area contributed by atoms with Gasteiger partial charge in [0.25, 0.3) is 5.89 Å². The van der Waals surface area contributed by atoms with Gasteiger partial charge in [0.1, 0.15) is 5.69 Å². The zero-order valence-corrected chi connectivity index (χ0v) is 8.44. The van der Waals surface area contributed by atoms with Gasteiger partial charge in [0.15, 0.2) is 0 Å². The molecule has 0 aliphatic rings. The maximum absolute atomic E-state index is 10.8. The second kappa shape index (κ2) is 3.26. The van der Waals surface area contributed by atoms with Crippen LogP contribution in [0.15, 0.2) is 9.21 Å². The van der Waals surface area contributed by atoms with Gasteiger partial charge in [0, 0.05) is 7.05 Å². The predicted molar refractivity (Wildman–Crippen MR) is 53.1 cm³/mol. The van der Waals surface area contributed by atoms with Gasteiger partial charge < -0.3 is 10.2 Å². The number of aryl methyl sites for hydroxylation is 2. The van der Waals surface area contributed by atoms with Crippen molar-refractivity contribution in [2.24, 2.45) is 7.05 Å². The van der Waals surface area contributed by atoms with Crippen LogP contribution < -0.4 is 11.5 Å². The van der Waals surface area contributed by atoms with Crippen molar-refractivity contribution in [1.82, 2.24) is 20.0 Å². The molecule has 2 heterocycles. The molecule has 0 fully saturated rings. The highest BCUT2D eigenvalue weighted by atomic mass is 16.4. The number of nitrogens with zero attached hydrogens (tertiary/aromatic N) is 3. The molecule has 0 amide bonds. The molecule has 2 aromatic heterocycles. The van der Waals surface area contributed by atoms with Crippen LogP contribution >= 0.6 is 0 Å². The molecular formula is C8H11N5O2. The topological polar surface area (TPSA) is 103 Å². The molecule has 2 aromatic rings. The Bertz CT molecular complexity index is 535. The maximum atomic E-state index is 10.8. The van der Waals surface area contributed by atoms with Crippen molar-refractivity contribution >= 4 is 5.69 Å². The highest BCUT2D eigenvalue weighted by molar-refractivity contribution is 5.68. The largest absolute Gasteiger partial charge is 0.434 e.